The van der Waals surface area contributed by atoms with Gasteiger partial charge in [0.1, 0.15) is 22.6 Å². The van der Waals surface area contributed by atoms with Crippen LogP contribution in [0.15, 0.2) is 24.3 Å². The first-order valence-electron chi connectivity index (χ1n) is 8.77. The topological polar surface area (TPSA) is 93.1 Å². The van der Waals surface area contributed by atoms with Crippen LogP contribution >= 0.6 is 34.3 Å². The lowest BCUT2D eigenvalue weighted by atomic mass is 9.93. The molecule has 0 bridgehead atoms. The molecular formula is C21H19ClO6S2. The van der Waals surface area contributed by atoms with E-state index in [1.54, 1.807) is 38.1 Å². The lowest BCUT2D eigenvalue weighted by Crippen LogP contribution is -2.04. The second-order valence-electron chi connectivity index (χ2n) is 6.46. The second kappa shape index (κ2) is 8.67. The monoisotopic (exact) mass is 466 g/mol. The molecule has 6 nitrogen and oxygen atoms in total. The van der Waals surface area contributed by atoms with Crippen LogP contribution in [-0.4, -0.2) is 36.4 Å². The van der Waals surface area contributed by atoms with Crippen molar-refractivity contribution in [1.82, 2.24) is 0 Å². The van der Waals surface area contributed by atoms with Gasteiger partial charge in [-0.3, -0.25) is 0 Å². The van der Waals surface area contributed by atoms with Crippen LogP contribution in [0.2, 0.25) is 5.02 Å². The van der Waals surface area contributed by atoms with Gasteiger partial charge in [-0.25, -0.2) is 9.59 Å². The maximum Gasteiger partial charge on any atom is 0.342 e. The fourth-order valence-electron chi connectivity index (χ4n) is 3.29. The molecule has 0 spiro atoms. The van der Waals surface area contributed by atoms with Gasteiger partial charge < -0.3 is 19.7 Å². The molecule has 2 N–H and O–H groups in total. The minimum absolute atomic E-state index is 0.0745. The molecule has 2 aromatic heterocycles. The molecule has 30 heavy (non-hydrogen) atoms. The third-order valence-corrected chi connectivity index (χ3v) is 7.21. The Morgan fingerprint density at radius 3 is 1.80 bits per heavy atom. The Kier molecular flexibility index (Phi) is 6.40. The Balaban J connectivity index is 2.31. The third kappa shape index (κ3) is 3.78. The van der Waals surface area contributed by atoms with E-state index in [0.717, 1.165) is 0 Å². The Labute approximate surface area is 186 Å². The number of methoxy groups -OCH3 is 2. The van der Waals surface area contributed by atoms with Crippen molar-refractivity contribution in [3.63, 3.8) is 0 Å². The van der Waals surface area contributed by atoms with Crippen molar-refractivity contribution in [1.29, 1.82) is 0 Å². The van der Waals surface area contributed by atoms with Crippen LogP contribution in [-0.2, 0) is 9.47 Å². The van der Waals surface area contributed by atoms with Crippen LogP contribution in [0.4, 0.5) is 0 Å². The molecule has 0 fully saturated rings. The molecule has 3 rings (SSSR count). The molecule has 0 amide bonds. The first kappa shape index (κ1) is 22.1. The van der Waals surface area contributed by atoms with Gasteiger partial charge in [0.15, 0.2) is 0 Å². The summed E-state index contributed by atoms with van der Waals surface area (Å²) in [7, 11) is 2.48. The van der Waals surface area contributed by atoms with E-state index in [9.17, 15) is 19.8 Å². The van der Waals surface area contributed by atoms with Gasteiger partial charge in [0, 0.05) is 14.8 Å². The average Bonchev–Trinajstić information content (AvgIpc) is 3.16. The van der Waals surface area contributed by atoms with Crippen molar-refractivity contribution in [2.45, 2.75) is 19.8 Å². The van der Waals surface area contributed by atoms with E-state index in [0.29, 0.717) is 30.1 Å². The fraction of sp³-hybridized carbons (Fsp3) is 0.238. The summed E-state index contributed by atoms with van der Waals surface area (Å²) in [5.41, 5.74) is 0.833. The van der Waals surface area contributed by atoms with E-state index in [4.69, 9.17) is 21.1 Å². The fourth-order valence-corrected chi connectivity index (χ4v) is 5.93. The number of esters is 2. The summed E-state index contributed by atoms with van der Waals surface area (Å²) in [5.74, 6) is -2.41. The lowest BCUT2D eigenvalue weighted by molar-refractivity contribution is 0.0588. The Bertz CT molecular complexity index is 1060. The SMILES string of the molecule is COC(=O)c1c(C)sc(C(c2cccc(Cl)c2)c2sc(C)c(C(=O)OC)c2O)c1O. The van der Waals surface area contributed by atoms with Gasteiger partial charge in [0.05, 0.1) is 29.9 Å². The summed E-state index contributed by atoms with van der Waals surface area (Å²) in [6.45, 7) is 3.41. The van der Waals surface area contributed by atoms with Crippen LogP contribution in [0.3, 0.4) is 0 Å². The standard InChI is InChI=1S/C21H19ClO6S2/c1-9-13(20(25)27-3)16(23)18(29-9)15(11-6-5-7-12(22)8-11)19-17(24)14(10(2)30-19)21(26)28-4/h5-8,15,23-24H,1-4H3. The molecule has 0 saturated heterocycles. The van der Waals surface area contributed by atoms with Gasteiger partial charge in [-0.2, -0.15) is 0 Å². The summed E-state index contributed by atoms with van der Waals surface area (Å²) in [5, 5.41) is 22.3. The van der Waals surface area contributed by atoms with E-state index in [1.807, 2.05) is 0 Å². The molecular weight excluding hydrogens is 448 g/mol. The molecule has 2 heterocycles. The van der Waals surface area contributed by atoms with E-state index in [-0.39, 0.29) is 22.6 Å². The Hall–Kier alpha value is -2.55. The highest BCUT2D eigenvalue weighted by atomic mass is 35.5. The summed E-state index contributed by atoms with van der Waals surface area (Å²) in [6.07, 6.45) is 0. The Morgan fingerprint density at radius 1 is 0.933 bits per heavy atom. The highest BCUT2D eigenvalue weighted by Gasteiger charge is 2.34. The first-order valence-corrected chi connectivity index (χ1v) is 10.8. The molecule has 0 atom stereocenters. The van der Waals surface area contributed by atoms with E-state index in [1.165, 1.54) is 36.9 Å². The minimum Gasteiger partial charge on any atom is -0.506 e. The zero-order chi connectivity index (χ0) is 22.2. The maximum absolute atomic E-state index is 12.2. The van der Waals surface area contributed by atoms with Crippen LogP contribution in [0, 0.1) is 13.8 Å². The average molecular weight is 467 g/mol. The van der Waals surface area contributed by atoms with Crippen molar-refractivity contribution in [2.24, 2.45) is 0 Å². The van der Waals surface area contributed by atoms with E-state index < -0.39 is 17.9 Å². The van der Waals surface area contributed by atoms with Gasteiger partial charge in [0.2, 0.25) is 0 Å². The van der Waals surface area contributed by atoms with Crippen molar-refractivity contribution >= 4 is 46.2 Å². The highest BCUT2D eigenvalue weighted by molar-refractivity contribution is 7.14. The molecule has 3 aromatic rings. The molecule has 0 radical (unpaired) electrons. The Morgan fingerprint density at radius 2 is 1.40 bits per heavy atom. The first-order chi connectivity index (χ1) is 14.2. The van der Waals surface area contributed by atoms with Crippen LogP contribution in [0.5, 0.6) is 11.5 Å². The number of rotatable bonds is 5. The van der Waals surface area contributed by atoms with Crippen molar-refractivity contribution < 1.29 is 29.3 Å². The lowest BCUT2D eigenvalue weighted by Gasteiger charge is -2.16. The number of hydrogen-bond donors (Lipinski definition) is 2. The van der Waals surface area contributed by atoms with Crippen LogP contribution < -0.4 is 0 Å². The minimum atomic E-state index is -0.659. The number of aromatic hydroxyl groups is 2. The summed E-state index contributed by atoms with van der Waals surface area (Å²) in [4.78, 5) is 26.3. The summed E-state index contributed by atoms with van der Waals surface area (Å²) >= 11 is 8.62. The highest BCUT2D eigenvalue weighted by Crippen LogP contribution is 2.50. The van der Waals surface area contributed by atoms with Gasteiger partial charge in [-0.05, 0) is 31.5 Å². The van der Waals surface area contributed by atoms with Gasteiger partial charge in [0.25, 0.3) is 0 Å². The summed E-state index contributed by atoms with van der Waals surface area (Å²) in [6, 6.07) is 6.98. The number of aryl methyl sites for hydroxylation is 2. The smallest absolute Gasteiger partial charge is 0.342 e. The predicted molar refractivity (Wildman–Crippen MR) is 117 cm³/mol. The molecule has 0 aliphatic rings. The number of carbonyl (C=O) groups excluding carboxylic acids is 2. The molecule has 0 saturated carbocycles. The van der Waals surface area contributed by atoms with Gasteiger partial charge in [-0.1, -0.05) is 23.7 Å². The van der Waals surface area contributed by atoms with Crippen LogP contribution in [0.1, 0.15) is 51.7 Å². The van der Waals surface area contributed by atoms with Crippen LogP contribution in [0.25, 0.3) is 0 Å². The second-order valence-corrected chi connectivity index (χ2v) is 9.41. The van der Waals surface area contributed by atoms with E-state index in [2.05, 4.69) is 0 Å². The summed E-state index contributed by atoms with van der Waals surface area (Å²) < 4.78 is 9.59. The molecule has 0 unspecified atom stereocenters. The number of hydrogen-bond acceptors (Lipinski definition) is 8. The zero-order valence-corrected chi connectivity index (χ0v) is 19.0. The maximum atomic E-state index is 12.2. The number of carbonyl (C=O) groups is 2. The quantitative estimate of drug-likeness (QED) is 0.499. The number of ether oxygens (including phenoxy) is 2. The van der Waals surface area contributed by atoms with Crippen molar-refractivity contribution in [3.05, 3.63) is 65.5 Å². The number of thiophene rings is 2. The normalized spacial score (nSPS) is 11.0. The molecule has 9 heteroatoms. The van der Waals surface area contributed by atoms with Crippen molar-refractivity contribution in [3.8, 4) is 11.5 Å². The number of benzene rings is 1. The van der Waals surface area contributed by atoms with Gasteiger partial charge in [-0.15, -0.1) is 22.7 Å². The largest absolute Gasteiger partial charge is 0.506 e. The molecule has 0 aliphatic carbocycles. The third-order valence-electron chi connectivity index (χ3n) is 4.66. The molecule has 1 aromatic carbocycles. The van der Waals surface area contributed by atoms with Gasteiger partial charge >= 0.3 is 11.9 Å². The van der Waals surface area contributed by atoms with Crippen molar-refractivity contribution in [2.75, 3.05) is 14.2 Å². The zero-order valence-electron chi connectivity index (χ0n) is 16.6. The molecule has 0 aliphatic heterocycles. The predicted octanol–water partition coefficient (Wildman–Crippen LogP) is 5.24. The number of halogens is 1. The van der Waals surface area contributed by atoms with E-state index >= 15 is 0 Å². The molecule has 158 valence electrons.